The molecular formula is C17H18ClN3O3. The molecule has 0 saturated carbocycles. The van der Waals surface area contributed by atoms with Crippen molar-refractivity contribution in [1.82, 2.24) is 14.5 Å². The van der Waals surface area contributed by atoms with Crippen molar-refractivity contribution in [3.8, 4) is 0 Å². The van der Waals surface area contributed by atoms with E-state index in [4.69, 9.17) is 26.1 Å². The second-order valence-corrected chi connectivity index (χ2v) is 6.07. The smallest absolute Gasteiger partial charge is 0.371 e. The number of rotatable bonds is 6. The molecule has 0 amide bonds. The van der Waals surface area contributed by atoms with E-state index < -0.39 is 5.97 Å². The maximum Gasteiger partial charge on any atom is 0.371 e. The van der Waals surface area contributed by atoms with Gasteiger partial charge in [-0.25, -0.2) is 14.8 Å². The van der Waals surface area contributed by atoms with Crippen molar-refractivity contribution >= 4 is 28.7 Å². The summed E-state index contributed by atoms with van der Waals surface area (Å²) in [6.07, 6.45) is 3.49. The Morgan fingerprint density at radius 2 is 2.12 bits per heavy atom. The molecule has 0 saturated heterocycles. The fourth-order valence-electron chi connectivity index (χ4n) is 2.86. The molecule has 1 N–H and O–H groups in total. The molecule has 3 aromatic heterocycles. The van der Waals surface area contributed by atoms with Crippen molar-refractivity contribution in [2.45, 2.75) is 39.2 Å². The van der Waals surface area contributed by atoms with Gasteiger partial charge in [0, 0.05) is 12.1 Å². The lowest BCUT2D eigenvalue weighted by Crippen LogP contribution is -2.09. The van der Waals surface area contributed by atoms with Gasteiger partial charge in [-0.15, -0.1) is 0 Å². The monoisotopic (exact) mass is 347 g/mol. The van der Waals surface area contributed by atoms with E-state index in [2.05, 4.69) is 18.8 Å². The van der Waals surface area contributed by atoms with Gasteiger partial charge in [-0.2, -0.15) is 0 Å². The molecule has 3 aromatic rings. The fraction of sp³-hybridized carbons (Fsp3) is 0.353. The van der Waals surface area contributed by atoms with E-state index in [0.717, 1.165) is 29.8 Å². The molecule has 0 aliphatic carbocycles. The van der Waals surface area contributed by atoms with Gasteiger partial charge in [-0.1, -0.05) is 25.4 Å². The Hall–Kier alpha value is -2.34. The number of hydrogen-bond acceptors (Lipinski definition) is 4. The van der Waals surface area contributed by atoms with Crippen molar-refractivity contribution in [1.29, 1.82) is 0 Å². The summed E-state index contributed by atoms with van der Waals surface area (Å²) in [5, 5.41) is 9.54. The van der Waals surface area contributed by atoms with E-state index in [1.807, 2.05) is 4.57 Å². The van der Waals surface area contributed by atoms with Gasteiger partial charge < -0.3 is 14.1 Å². The summed E-state index contributed by atoms with van der Waals surface area (Å²) in [5.41, 5.74) is 1.45. The molecule has 0 aliphatic heterocycles. The van der Waals surface area contributed by atoms with Crippen LogP contribution in [0.1, 0.15) is 54.7 Å². The number of fused-ring (bicyclic) bond motifs is 1. The average Bonchev–Trinajstić information content (AvgIpc) is 3.15. The van der Waals surface area contributed by atoms with E-state index in [9.17, 15) is 4.79 Å². The highest BCUT2D eigenvalue weighted by Gasteiger charge is 2.20. The molecule has 0 radical (unpaired) electrons. The highest BCUT2D eigenvalue weighted by molar-refractivity contribution is 6.31. The topological polar surface area (TPSA) is 81.2 Å². The third-order valence-electron chi connectivity index (χ3n) is 4.12. The van der Waals surface area contributed by atoms with Gasteiger partial charge in [0.1, 0.15) is 17.1 Å². The van der Waals surface area contributed by atoms with Crippen molar-refractivity contribution < 1.29 is 14.3 Å². The SMILES string of the molecule is CCC(CC)c1nc2cc(Cl)cnc2n1Cc1ccc(C(=O)O)o1. The largest absolute Gasteiger partial charge is 0.475 e. The summed E-state index contributed by atoms with van der Waals surface area (Å²) < 4.78 is 7.37. The predicted molar refractivity (Wildman–Crippen MR) is 90.6 cm³/mol. The van der Waals surface area contributed by atoms with Gasteiger partial charge >= 0.3 is 5.97 Å². The number of aromatic nitrogens is 3. The fourth-order valence-corrected chi connectivity index (χ4v) is 3.01. The summed E-state index contributed by atoms with van der Waals surface area (Å²) in [4.78, 5) is 20.1. The third kappa shape index (κ3) is 3.01. The van der Waals surface area contributed by atoms with Crippen LogP contribution in [0.15, 0.2) is 28.8 Å². The van der Waals surface area contributed by atoms with Gasteiger partial charge in [0.25, 0.3) is 0 Å². The van der Waals surface area contributed by atoms with Crippen LogP contribution in [0.2, 0.25) is 5.02 Å². The molecule has 24 heavy (non-hydrogen) atoms. The molecule has 3 rings (SSSR count). The number of halogens is 1. The minimum absolute atomic E-state index is 0.0745. The number of furan rings is 1. The quantitative estimate of drug-likeness (QED) is 0.717. The highest BCUT2D eigenvalue weighted by atomic mass is 35.5. The summed E-state index contributed by atoms with van der Waals surface area (Å²) in [5.74, 6) is 0.594. The second kappa shape index (κ2) is 6.65. The Morgan fingerprint density at radius 3 is 2.75 bits per heavy atom. The molecule has 7 heteroatoms. The Balaban J connectivity index is 2.09. The molecule has 0 aliphatic rings. The molecule has 0 fully saturated rings. The summed E-state index contributed by atoms with van der Waals surface area (Å²) in [7, 11) is 0. The van der Waals surface area contributed by atoms with Gasteiger partial charge in [0.2, 0.25) is 5.76 Å². The van der Waals surface area contributed by atoms with Gasteiger partial charge in [0.15, 0.2) is 5.65 Å². The standard InChI is InChI=1S/C17H18ClN3O3/c1-3-10(4-2)15-20-13-7-11(18)8-19-16(13)21(15)9-12-5-6-14(24-12)17(22)23/h5-8,10H,3-4,9H2,1-2H3,(H,22,23). The zero-order valence-electron chi connectivity index (χ0n) is 13.5. The average molecular weight is 348 g/mol. The molecule has 0 atom stereocenters. The van der Waals surface area contributed by atoms with E-state index in [-0.39, 0.29) is 11.7 Å². The van der Waals surface area contributed by atoms with Crippen LogP contribution in [0.3, 0.4) is 0 Å². The number of carboxylic acid groups (broad SMARTS) is 1. The van der Waals surface area contributed by atoms with Crippen LogP contribution >= 0.6 is 11.6 Å². The Kier molecular flexibility index (Phi) is 4.57. The van der Waals surface area contributed by atoms with Crippen molar-refractivity contribution in [3.05, 3.63) is 46.8 Å². The van der Waals surface area contributed by atoms with E-state index in [1.54, 1.807) is 18.3 Å². The Bertz CT molecular complexity index is 880. The molecule has 0 spiro atoms. The molecule has 126 valence electrons. The molecule has 3 heterocycles. The van der Waals surface area contributed by atoms with Crippen molar-refractivity contribution in [2.75, 3.05) is 0 Å². The van der Waals surface area contributed by atoms with Crippen LogP contribution < -0.4 is 0 Å². The van der Waals surface area contributed by atoms with E-state index in [1.165, 1.54) is 6.07 Å². The van der Waals surface area contributed by atoms with E-state index >= 15 is 0 Å². The number of nitrogens with zero attached hydrogens (tertiary/aromatic N) is 3. The van der Waals surface area contributed by atoms with Crippen LogP contribution in [-0.4, -0.2) is 25.6 Å². The summed E-state index contributed by atoms with van der Waals surface area (Å²) in [6, 6.07) is 4.91. The molecule has 6 nitrogen and oxygen atoms in total. The Labute approximate surface area is 144 Å². The molecule has 0 unspecified atom stereocenters. The maximum absolute atomic E-state index is 11.0. The van der Waals surface area contributed by atoms with Crippen LogP contribution in [0.4, 0.5) is 0 Å². The second-order valence-electron chi connectivity index (χ2n) is 5.64. The van der Waals surface area contributed by atoms with Crippen molar-refractivity contribution in [2.24, 2.45) is 0 Å². The Morgan fingerprint density at radius 1 is 1.38 bits per heavy atom. The lowest BCUT2D eigenvalue weighted by molar-refractivity contribution is 0.0660. The summed E-state index contributed by atoms with van der Waals surface area (Å²) in [6.45, 7) is 4.62. The number of carbonyl (C=O) groups is 1. The van der Waals surface area contributed by atoms with Crippen molar-refractivity contribution in [3.63, 3.8) is 0 Å². The molecular weight excluding hydrogens is 330 g/mol. The minimum atomic E-state index is -1.08. The number of aromatic carboxylic acids is 1. The lowest BCUT2D eigenvalue weighted by Gasteiger charge is -2.14. The first-order chi connectivity index (χ1) is 11.5. The van der Waals surface area contributed by atoms with Crippen LogP contribution in [0.25, 0.3) is 11.2 Å². The maximum atomic E-state index is 11.0. The first-order valence-electron chi connectivity index (χ1n) is 7.87. The first kappa shape index (κ1) is 16.5. The zero-order valence-corrected chi connectivity index (χ0v) is 14.2. The highest BCUT2D eigenvalue weighted by Crippen LogP contribution is 2.28. The first-order valence-corrected chi connectivity index (χ1v) is 8.25. The number of carboxylic acids is 1. The normalized spacial score (nSPS) is 11.5. The molecule has 0 aromatic carbocycles. The molecule has 0 bridgehead atoms. The lowest BCUT2D eigenvalue weighted by atomic mass is 10.0. The summed E-state index contributed by atoms with van der Waals surface area (Å²) >= 11 is 6.03. The number of imidazole rings is 1. The number of pyridine rings is 1. The van der Waals surface area contributed by atoms with Gasteiger partial charge in [-0.3, -0.25) is 0 Å². The predicted octanol–water partition coefficient (Wildman–Crippen LogP) is 4.33. The van der Waals surface area contributed by atoms with Crippen LogP contribution in [-0.2, 0) is 6.54 Å². The number of hydrogen-bond donors (Lipinski definition) is 1. The van der Waals surface area contributed by atoms with Crippen LogP contribution in [0, 0.1) is 0 Å². The van der Waals surface area contributed by atoms with Gasteiger partial charge in [-0.05, 0) is 31.0 Å². The van der Waals surface area contributed by atoms with Gasteiger partial charge in [0.05, 0.1) is 11.6 Å². The third-order valence-corrected chi connectivity index (χ3v) is 4.32. The van der Waals surface area contributed by atoms with Crippen LogP contribution in [0.5, 0.6) is 0 Å². The minimum Gasteiger partial charge on any atom is -0.475 e. The van der Waals surface area contributed by atoms with E-state index in [0.29, 0.717) is 17.3 Å². The zero-order chi connectivity index (χ0) is 17.3.